The van der Waals surface area contributed by atoms with Crippen molar-refractivity contribution in [1.82, 2.24) is 10.4 Å². The molecule has 0 amide bonds. The van der Waals surface area contributed by atoms with Crippen LogP contribution in [0.4, 0.5) is 0 Å². The number of thiazole rings is 1. The zero-order valence-electron chi connectivity index (χ0n) is 11.0. The summed E-state index contributed by atoms with van der Waals surface area (Å²) in [7, 11) is 0. The number of nitrogens with one attached hydrogen (secondary N) is 1. The monoisotopic (exact) mass is 261 g/mol. The molecule has 0 aliphatic rings. The number of hydrogen-bond acceptors (Lipinski definition) is 4. The summed E-state index contributed by atoms with van der Waals surface area (Å²) in [5.74, 6) is 5.29. The lowest BCUT2D eigenvalue weighted by Crippen LogP contribution is -2.20. The molecule has 1 aromatic carbocycles. The number of aromatic nitrogens is 1. The molecule has 0 unspecified atom stereocenters. The standard InChI is InChI=1S/C14H19N3S/c1-14(2,3)11-6-4-10(5-7-11)12-9-18-13(17-12)8-16-15/h4-7,9,16H,8,15H2,1-3H3. The average molecular weight is 261 g/mol. The highest BCUT2D eigenvalue weighted by molar-refractivity contribution is 7.09. The largest absolute Gasteiger partial charge is 0.271 e. The Bertz CT molecular complexity index is 509. The third-order valence-corrected chi connectivity index (χ3v) is 3.70. The highest BCUT2D eigenvalue weighted by Crippen LogP contribution is 2.26. The van der Waals surface area contributed by atoms with Gasteiger partial charge in [0.25, 0.3) is 0 Å². The van der Waals surface area contributed by atoms with Crippen LogP contribution >= 0.6 is 11.3 Å². The van der Waals surface area contributed by atoms with E-state index < -0.39 is 0 Å². The second-order valence-corrected chi connectivity index (χ2v) is 6.28. The lowest BCUT2D eigenvalue weighted by molar-refractivity contribution is 0.590. The Balaban J connectivity index is 2.23. The van der Waals surface area contributed by atoms with Crippen molar-refractivity contribution in [1.29, 1.82) is 0 Å². The quantitative estimate of drug-likeness (QED) is 0.659. The van der Waals surface area contributed by atoms with Gasteiger partial charge in [-0.1, -0.05) is 45.0 Å². The van der Waals surface area contributed by atoms with E-state index in [2.05, 4.69) is 60.8 Å². The van der Waals surface area contributed by atoms with E-state index in [1.807, 2.05) is 0 Å². The van der Waals surface area contributed by atoms with Gasteiger partial charge >= 0.3 is 0 Å². The molecule has 1 heterocycles. The Morgan fingerprint density at radius 1 is 1.22 bits per heavy atom. The van der Waals surface area contributed by atoms with E-state index >= 15 is 0 Å². The van der Waals surface area contributed by atoms with Crippen LogP contribution in [-0.2, 0) is 12.0 Å². The van der Waals surface area contributed by atoms with Crippen LogP contribution < -0.4 is 11.3 Å². The van der Waals surface area contributed by atoms with Crippen molar-refractivity contribution in [3.63, 3.8) is 0 Å². The fraction of sp³-hybridized carbons (Fsp3) is 0.357. The molecule has 0 atom stereocenters. The zero-order valence-corrected chi connectivity index (χ0v) is 11.8. The molecule has 0 bridgehead atoms. The third kappa shape index (κ3) is 2.96. The van der Waals surface area contributed by atoms with E-state index in [0.29, 0.717) is 6.54 Å². The first-order valence-corrected chi connectivity index (χ1v) is 6.87. The van der Waals surface area contributed by atoms with Gasteiger partial charge in [0, 0.05) is 10.9 Å². The molecule has 0 spiro atoms. The number of hydrazine groups is 1. The first kappa shape index (κ1) is 13.2. The molecular weight excluding hydrogens is 242 g/mol. The Hall–Kier alpha value is -1.23. The maximum Gasteiger partial charge on any atom is 0.108 e. The van der Waals surface area contributed by atoms with Crippen LogP contribution in [-0.4, -0.2) is 4.98 Å². The van der Waals surface area contributed by atoms with Crippen molar-refractivity contribution in [3.05, 3.63) is 40.2 Å². The van der Waals surface area contributed by atoms with E-state index in [0.717, 1.165) is 16.3 Å². The minimum Gasteiger partial charge on any atom is -0.271 e. The number of rotatable bonds is 3. The van der Waals surface area contributed by atoms with E-state index in [1.165, 1.54) is 5.56 Å². The molecule has 1 aromatic heterocycles. The average Bonchev–Trinajstić information content (AvgIpc) is 2.77. The summed E-state index contributed by atoms with van der Waals surface area (Å²) in [5.41, 5.74) is 6.33. The molecule has 0 aliphatic carbocycles. The maximum absolute atomic E-state index is 5.29. The molecule has 96 valence electrons. The highest BCUT2D eigenvalue weighted by Gasteiger charge is 2.13. The SMILES string of the molecule is CC(C)(C)c1ccc(-c2csc(CNN)n2)cc1. The van der Waals surface area contributed by atoms with Crippen LogP contribution in [0.1, 0.15) is 31.3 Å². The molecule has 2 rings (SSSR count). The number of hydrogen-bond donors (Lipinski definition) is 2. The summed E-state index contributed by atoms with van der Waals surface area (Å²) in [6.45, 7) is 7.27. The van der Waals surface area contributed by atoms with Crippen molar-refractivity contribution in [2.75, 3.05) is 0 Å². The van der Waals surface area contributed by atoms with Gasteiger partial charge in [0.15, 0.2) is 0 Å². The predicted molar refractivity (Wildman–Crippen MR) is 77.3 cm³/mol. The smallest absolute Gasteiger partial charge is 0.108 e. The Morgan fingerprint density at radius 2 is 1.89 bits per heavy atom. The highest BCUT2D eigenvalue weighted by atomic mass is 32.1. The zero-order chi connectivity index (χ0) is 13.2. The third-order valence-electron chi connectivity index (χ3n) is 2.85. The lowest BCUT2D eigenvalue weighted by atomic mass is 9.86. The van der Waals surface area contributed by atoms with Crippen LogP contribution in [0, 0.1) is 0 Å². The number of nitrogens with two attached hydrogens (primary N) is 1. The summed E-state index contributed by atoms with van der Waals surface area (Å²) in [6.07, 6.45) is 0. The molecule has 0 saturated heterocycles. The normalized spacial score (nSPS) is 11.8. The van der Waals surface area contributed by atoms with Crippen molar-refractivity contribution in [2.45, 2.75) is 32.7 Å². The van der Waals surface area contributed by atoms with Gasteiger partial charge in [-0.05, 0) is 11.0 Å². The topological polar surface area (TPSA) is 50.9 Å². The van der Waals surface area contributed by atoms with E-state index in [-0.39, 0.29) is 5.41 Å². The first-order chi connectivity index (χ1) is 8.50. The molecule has 4 heteroatoms. The molecule has 3 nitrogen and oxygen atoms in total. The van der Waals surface area contributed by atoms with Crippen LogP contribution in [0.2, 0.25) is 0 Å². The van der Waals surface area contributed by atoms with Crippen molar-refractivity contribution in [3.8, 4) is 11.3 Å². The Morgan fingerprint density at radius 3 is 2.44 bits per heavy atom. The molecule has 0 aliphatic heterocycles. The van der Waals surface area contributed by atoms with Crippen LogP contribution in [0.25, 0.3) is 11.3 Å². The van der Waals surface area contributed by atoms with Crippen molar-refractivity contribution < 1.29 is 0 Å². The molecule has 2 aromatic rings. The summed E-state index contributed by atoms with van der Waals surface area (Å²) in [5, 5.41) is 3.08. The number of nitrogens with zero attached hydrogens (tertiary/aromatic N) is 1. The molecule has 0 saturated carbocycles. The van der Waals surface area contributed by atoms with E-state index in [1.54, 1.807) is 11.3 Å². The molecule has 3 N–H and O–H groups in total. The van der Waals surface area contributed by atoms with E-state index in [4.69, 9.17) is 5.84 Å². The van der Waals surface area contributed by atoms with Gasteiger partial charge in [-0.15, -0.1) is 11.3 Å². The fourth-order valence-electron chi connectivity index (χ4n) is 1.75. The summed E-state index contributed by atoms with van der Waals surface area (Å²) in [6, 6.07) is 8.62. The predicted octanol–water partition coefficient (Wildman–Crippen LogP) is 3.07. The number of benzene rings is 1. The van der Waals surface area contributed by atoms with Gasteiger partial charge in [0.1, 0.15) is 5.01 Å². The molecule has 18 heavy (non-hydrogen) atoms. The summed E-state index contributed by atoms with van der Waals surface area (Å²) >= 11 is 1.63. The lowest BCUT2D eigenvalue weighted by Gasteiger charge is -2.18. The Labute approximate surface area is 112 Å². The van der Waals surface area contributed by atoms with Crippen LogP contribution in [0.5, 0.6) is 0 Å². The Kier molecular flexibility index (Phi) is 3.80. The van der Waals surface area contributed by atoms with Crippen molar-refractivity contribution in [2.24, 2.45) is 5.84 Å². The van der Waals surface area contributed by atoms with E-state index in [9.17, 15) is 0 Å². The van der Waals surface area contributed by atoms with Gasteiger partial charge in [-0.25, -0.2) is 4.98 Å². The summed E-state index contributed by atoms with van der Waals surface area (Å²) in [4.78, 5) is 4.54. The van der Waals surface area contributed by atoms with Gasteiger partial charge in [-0.3, -0.25) is 11.3 Å². The molecule has 0 fully saturated rings. The van der Waals surface area contributed by atoms with Gasteiger partial charge in [0.2, 0.25) is 0 Å². The van der Waals surface area contributed by atoms with Gasteiger partial charge < -0.3 is 0 Å². The molecular formula is C14H19N3S. The minimum absolute atomic E-state index is 0.190. The second kappa shape index (κ2) is 5.18. The van der Waals surface area contributed by atoms with Gasteiger partial charge in [-0.2, -0.15) is 0 Å². The minimum atomic E-state index is 0.190. The van der Waals surface area contributed by atoms with Crippen molar-refractivity contribution >= 4 is 11.3 Å². The molecule has 0 radical (unpaired) electrons. The second-order valence-electron chi connectivity index (χ2n) is 5.33. The summed E-state index contributed by atoms with van der Waals surface area (Å²) < 4.78 is 0. The van der Waals surface area contributed by atoms with Crippen LogP contribution in [0.3, 0.4) is 0 Å². The maximum atomic E-state index is 5.29. The van der Waals surface area contributed by atoms with Crippen LogP contribution in [0.15, 0.2) is 29.6 Å². The first-order valence-electron chi connectivity index (χ1n) is 5.99. The fourth-order valence-corrected chi connectivity index (χ4v) is 2.51. The van der Waals surface area contributed by atoms with Gasteiger partial charge in [0.05, 0.1) is 12.2 Å².